The molecule has 0 fully saturated rings. The predicted octanol–water partition coefficient (Wildman–Crippen LogP) is 6.18. The highest BCUT2D eigenvalue weighted by Gasteiger charge is 2.17. The first-order valence-electron chi connectivity index (χ1n) is 11.6. The molecule has 0 spiro atoms. The van der Waals surface area contributed by atoms with Crippen LogP contribution in [0.2, 0.25) is 0 Å². The Balaban J connectivity index is 1.89. The number of ether oxygens (including phenoxy) is 2. The smallest absolute Gasteiger partial charge is 0.262 e. The Morgan fingerprint density at radius 2 is 1.77 bits per heavy atom. The van der Waals surface area contributed by atoms with Crippen LogP contribution >= 0.6 is 0 Å². The van der Waals surface area contributed by atoms with Crippen LogP contribution in [0.4, 0.5) is 0 Å². The van der Waals surface area contributed by atoms with Gasteiger partial charge in [-0.05, 0) is 55.2 Å². The minimum atomic E-state index is -0.434. The lowest BCUT2D eigenvalue weighted by molar-refractivity contribution is -0.117. The minimum absolute atomic E-state index is 0.0118. The summed E-state index contributed by atoms with van der Waals surface area (Å²) in [6.45, 7) is 8.48. The van der Waals surface area contributed by atoms with Gasteiger partial charge in [0.25, 0.3) is 5.91 Å². The number of hydrogen-bond donors (Lipinski definition) is 1. The second kappa shape index (κ2) is 12.8. The fourth-order valence-corrected chi connectivity index (χ4v) is 3.65. The van der Waals surface area contributed by atoms with E-state index in [1.165, 1.54) is 0 Å². The van der Waals surface area contributed by atoms with Gasteiger partial charge in [-0.1, -0.05) is 66.7 Å². The Morgan fingerprint density at radius 3 is 2.40 bits per heavy atom. The summed E-state index contributed by atoms with van der Waals surface area (Å²) >= 11 is 0. The van der Waals surface area contributed by atoms with Gasteiger partial charge in [0.15, 0.2) is 11.5 Å². The molecule has 3 aromatic carbocycles. The second-order valence-electron chi connectivity index (χ2n) is 7.98. The number of hydrogen-bond acceptors (Lipinski definition) is 4. The molecule has 0 aromatic heterocycles. The molecule has 1 N–H and O–H groups in total. The molecule has 5 heteroatoms. The van der Waals surface area contributed by atoms with Gasteiger partial charge in [0.2, 0.25) is 0 Å². The van der Waals surface area contributed by atoms with E-state index in [-0.39, 0.29) is 11.6 Å². The van der Waals surface area contributed by atoms with Crippen molar-refractivity contribution in [2.75, 3.05) is 6.61 Å². The van der Waals surface area contributed by atoms with Gasteiger partial charge in [-0.2, -0.15) is 5.26 Å². The van der Waals surface area contributed by atoms with Gasteiger partial charge >= 0.3 is 0 Å². The molecule has 1 amide bonds. The Hall–Kier alpha value is -4.30. The number of carbonyl (C=O) groups excluding carboxylic acids is 1. The Labute approximate surface area is 207 Å². The average Bonchev–Trinajstić information content (AvgIpc) is 2.88. The quantitative estimate of drug-likeness (QED) is 0.208. The number of nitrogens with zero attached hydrogens (tertiary/aromatic N) is 1. The van der Waals surface area contributed by atoms with Gasteiger partial charge in [0.05, 0.1) is 12.6 Å². The van der Waals surface area contributed by atoms with E-state index in [0.29, 0.717) is 36.7 Å². The average molecular weight is 467 g/mol. The summed E-state index contributed by atoms with van der Waals surface area (Å²) in [5.74, 6) is 0.759. The summed E-state index contributed by atoms with van der Waals surface area (Å²) in [6, 6.07) is 25.0. The van der Waals surface area contributed by atoms with Crippen molar-refractivity contribution in [3.05, 3.63) is 113 Å². The molecule has 0 saturated heterocycles. The number of nitriles is 1. The van der Waals surface area contributed by atoms with Crippen LogP contribution in [0.3, 0.4) is 0 Å². The van der Waals surface area contributed by atoms with Crippen molar-refractivity contribution in [3.63, 3.8) is 0 Å². The zero-order valence-corrected chi connectivity index (χ0v) is 20.2. The molecule has 3 aromatic rings. The molecular formula is C30H30N2O3. The molecule has 5 nitrogen and oxygen atoms in total. The van der Waals surface area contributed by atoms with Crippen molar-refractivity contribution >= 4 is 12.0 Å². The molecule has 3 rings (SSSR count). The third-order valence-corrected chi connectivity index (χ3v) is 5.37. The SMILES string of the molecule is C=CCc1cc(/C=C(/C#N)C(=O)N[C@@H](C)c2ccccc2)cc(OCC)c1OCc1ccccc1. The first-order valence-corrected chi connectivity index (χ1v) is 11.6. The number of allylic oxidation sites excluding steroid dienone is 1. The van der Waals surface area contributed by atoms with Gasteiger partial charge in [-0.15, -0.1) is 6.58 Å². The highest BCUT2D eigenvalue weighted by atomic mass is 16.5. The summed E-state index contributed by atoms with van der Waals surface area (Å²) in [7, 11) is 0. The number of nitrogens with one attached hydrogen (secondary N) is 1. The van der Waals surface area contributed by atoms with E-state index in [9.17, 15) is 10.1 Å². The molecular weight excluding hydrogens is 436 g/mol. The molecule has 0 saturated carbocycles. The third kappa shape index (κ3) is 7.09. The van der Waals surface area contributed by atoms with Gasteiger partial charge in [0, 0.05) is 5.56 Å². The van der Waals surface area contributed by atoms with Crippen molar-refractivity contribution in [2.45, 2.75) is 32.9 Å². The maximum absolute atomic E-state index is 12.8. The van der Waals surface area contributed by atoms with E-state index in [1.807, 2.05) is 86.6 Å². The first kappa shape index (κ1) is 25.3. The topological polar surface area (TPSA) is 71.4 Å². The zero-order chi connectivity index (χ0) is 25.0. The van der Waals surface area contributed by atoms with Crippen molar-refractivity contribution < 1.29 is 14.3 Å². The molecule has 0 aliphatic carbocycles. The highest BCUT2D eigenvalue weighted by Crippen LogP contribution is 2.35. The summed E-state index contributed by atoms with van der Waals surface area (Å²) in [5, 5.41) is 12.6. The monoisotopic (exact) mass is 466 g/mol. The normalized spacial score (nSPS) is 11.7. The fourth-order valence-electron chi connectivity index (χ4n) is 3.65. The van der Waals surface area contributed by atoms with Crippen molar-refractivity contribution in [3.8, 4) is 17.6 Å². The van der Waals surface area contributed by atoms with Crippen LogP contribution < -0.4 is 14.8 Å². The van der Waals surface area contributed by atoms with Crippen molar-refractivity contribution in [1.29, 1.82) is 5.26 Å². The maximum atomic E-state index is 12.8. The van der Waals surface area contributed by atoms with Crippen LogP contribution in [0.25, 0.3) is 6.08 Å². The Bertz CT molecular complexity index is 1210. The van der Waals surface area contributed by atoms with Gasteiger partial charge in [-0.3, -0.25) is 4.79 Å². The van der Waals surface area contributed by atoms with Crippen LogP contribution in [-0.2, 0) is 17.8 Å². The van der Waals surface area contributed by atoms with Gasteiger partial charge < -0.3 is 14.8 Å². The number of amides is 1. The third-order valence-electron chi connectivity index (χ3n) is 5.37. The van der Waals surface area contributed by atoms with E-state index in [0.717, 1.165) is 16.7 Å². The van der Waals surface area contributed by atoms with E-state index in [1.54, 1.807) is 18.2 Å². The number of carbonyl (C=O) groups is 1. The lowest BCUT2D eigenvalue weighted by Gasteiger charge is -2.17. The minimum Gasteiger partial charge on any atom is -0.490 e. The van der Waals surface area contributed by atoms with Crippen LogP contribution in [0.5, 0.6) is 11.5 Å². The van der Waals surface area contributed by atoms with Crippen LogP contribution in [0.1, 0.15) is 42.1 Å². The standard InChI is InChI=1S/C30H30N2O3/c1-4-12-26-17-24(18-27(20-31)30(33)32-22(3)25-15-10-7-11-16-25)19-28(34-5-2)29(26)35-21-23-13-8-6-9-14-23/h4,6-11,13-19,22H,1,5,12,21H2,2-3H3,(H,32,33)/b27-18-/t22-/m0/s1. The van der Waals surface area contributed by atoms with E-state index < -0.39 is 5.91 Å². The molecule has 1 atom stereocenters. The molecule has 0 aliphatic rings. The van der Waals surface area contributed by atoms with E-state index in [4.69, 9.17) is 9.47 Å². The fraction of sp³-hybridized carbons (Fsp3) is 0.200. The van der Waals surface area contributed by atoms with Crippen molar-refractivity contribution in [2.24, 2.45) is 0 Å². The van der Waals surface area contributed by atoms with E-state index >= 15 is 0 Å². The number of benzene rings is 3. The van der Waals surface area contributed by atoms with Crippen LogP contribution in [0.15, 0.2) is 91.0 Å². The Kier molecular flexibility index (Phi) is 9.27. The predicted molar refractivity (Wildman–Crippen MR) is 139 cm³/mol. The first-order chi connectivity index (χ1) is 17.0. The molecule has 0 unspecified atom stereocenters. The molecule has 0 bridgehead atoms. The second-order valence-corrected chi connectivity index (χ2v) is 7.98. The summed E-state index contributed by atoms with van der Waals surface area (Å²) in [4.78, 5) is 12.8. The van der Waals surface area contributed by atoms with E-state index in [2.05, 4.69) is 11.9 Å². The van der Waals surface area contributed by atoms with Crippen molar-refractivity contribution in [1.82, 2.24) is 5.32 Å². The summed E-state index contributed by atoms with van der Waals surface area (Å²) in [6.07, 6.45) is 3.90. The lowest BCUT2D eigenvalue weighted by atomic mass is 10.0. The molecule has 0 radical (unpaired) electrons. The van der Waals surface area contributed by atoms with Crippen LogP contribution in [0, 0.1) is 11.3 Å². The Morgan fingerprint density at radius 1 is 1.09 bits per heavy atom. The zero-order valence-electron chi connectivity index (χ0n) is 20.2. The van der Waals surface area contributed by atoms with Gasteiger partial charge in [0.1, 0.15) is 18.2 Å². The van der Waals surface area contributed by atoms with Crippen LogP contribution in [-0.4, -0.2) is 12.5 Å². The highest BCUT2D eigenvalue weighted by molar-refractivity contribution is 6.02. The summed E-state index contributed by atoms with van der Waals surface area (Å²) in [5.41, 5.74) is 3.56. The molecule has 0 aliphatic heterocycles. The molecule has 35 heavy (non-hydrogen) atoms. The number of rotatable bonds is 11. The lowest BCUT2D eigenvalue weighted by Crippen LogP contribution is -2.27. The maximum Gasteiger partial charge on any atom is 0.262 e. The van der Waals surface area contributed by atoms with Gasteiger partial charge in [-0.25, -0.2) is 0 Å². The molecule has 0 heterocycles. The summed E-state index contributed by atoms with van der Waals surface area (Å²) < 4.78 is 12.0. The largest absolute Gasteiger partial charge is 0.490 e. The molecule has 178 valence electrons.